The van der Waals surface area contributed by atoms with Crippen LogP contribution in [0.4, 0.5) is 5.69 Å². The zero-order chi connectivity index (χ0) is 16.7. The minimum Gasteiger partial charge on any atom is -0.372 e. The van der Waals surface area contributed by atoms with Gasteiger partial charge in [-0.2, -0.15) is 0 Å². The number of hydrogen-bond acceptors (Lipinski definition) is 2. The molecule has 0 bridgehead atoms. The Kier molecular flexibility index (Phi) is 3.60. The molecule has 1 aromatic carbocycles. The smallest absolute Gasteiger partial charge is 0.141 e. The van der Waals surface area contributed by atoms with Gasteiger partial charge >= 0.3 is 0 Å². The van der Waals surface area contributed by atoms with Crippen LogP contribution in [0, 0.1) is 0 Å². The lowest BCUT2D eigenvalue weighted by Gasteiger charge is -2.19. The lowest BCUT2D eigenvalue weighted by molar-refractivity contribution is 0.592. The second-order valence-electron chi connectivity index (χ2n) is 7.77. The molecule has 2 aromatic heterocycles. The van der Waals surface area contributed by atoms with E-state index in [9.17, 15) is 0 Å². The molecule has 4 rings (SSSR count). The fraction of sp³-hybridized carbons (Fsp3) is 0.381. The van der Waals surface area contributed by atoms with Gasteiger partial charge < -0.3 is 9.30 Å². The van der Waals surface area contributed by atoms with E-state index in [1.54, 1.807) is 0 Å². The standard InChI is InChI=1S/C21H25N3/c1-21(2,3)18-7-6-14-24-15-19(22-20(18)24)16-8-10-17(11-9-16)23-12-4-5-13-23/h6-11,14-15H,4-5,12-13H2,1-3H3. The highest BCUT2D eigenvalue weighted by Crippen LogP contribution is 2.29. The van der Waals surface area contributed by atoms with Gasteiger partial charge in [-0.15, -0.1) is 0 Å². The average molecular weight is 319 g/mol. The lowest BCUT2D eigenvalue weighted by Crippen LogP contribution is -2.17. The number of nitrogens with zero attached hydrogens (tertiary/aromatic N) is 3. The third kappa shape index (κ3) is 2.68. The van der Waals surface area contributed by atoms with E-state index in [1.165, 1.54) is 42.7 Å². The quantitative estimate of drug-likeness (QED) is 0.670. The number of imidazole rings is 1. The first kappa shape index (κ1) is 15.3. The third-order valence-electron chi connectivity index (χ3n) is 4.93. The van der Waals surface area contributed by atoms with Gasteiger partial charge in [-0.3, -0.25) is 0 Å². The van der Waals surface area contributed by atoms with Gasteiger partial charge in [0.25, 0.3) is 0 Å². The van der Waals surface area contributed by atoms with Crippen molar-refractivity contribution in [1.82, 2.24) is 9.38 Å². The number of pyridine rings is 1. The van der Waals surface area contributed by atoms with Crippen LogP contribution in [0.3, 0.4) is 0 Å². The number of fused-ring (bicyclic) bond motifs is 1. The topological polar surface area (TPSA) is 20.5 Å². The number of anilines is 1. The minimum atomic E-state index is 0.0880. The third-order valence-corrected chi connectivity index (χ3v) is 4.93. The van der Waals surface area contributed by atoms with Gasteiger partial charge in [0, 0.05) is 42.3 Å². The van der Waals surface area contributed by atoms with Crippen LogP contribution in [-0.4, -0.2) is 22.5 Å². The molecule has 0 saturated carbocycles. The molecule has 1 saturated heterocycles. The Labute approximate surface area is 143 Å². The van der Waals surface area contributed by atoms with Crippen LogP contribution < -0.4 is 4.90 Å². The van der Waals surface area contributed by atoms with E-state index in [0.717, 1.165) is 11.3 Å². The summed E-state index contributed by atoms with van der Waals surface area (Å²) < 4.78 is 2.14. The van der Waals surface area contributed by atoms with E-state index in [2.05, 4.69) is 78.9 Å². The molecule has 0 unspecified atom stereocenters. The molecule has 0 N–H and O–H groups in total. The minimum absolute atomic E-state index is 0.0880. The van der Waals surface area contributed by atoms with Gasteiger partial charge in [-0.25, -0.2) is 4.98 Å². The van der Waals surface area contributed by atoms with E-state index in [4.69, 9.17) is 4.98 Å². The fourth-order valence-corrected chi connectivity index (χ4v) is 3.56. The molecule has 0 amide bonds. The maximum atomic E-state index is 4.93. The summed E-state index contributed by atoms with van der Waals surface area (Å²) in [6.07, 6.45) is 6.84. The Morgan fingerprint density at radius 2 is 1.67 bits per heavy atom. The summed E-state index contributed by atoms with van der Waals surface area (Å²) in [6, 6.07) is 13.2. The Morgan fingerprint density at radius 1 is 0.958 bits per heavy atom. The molecule has 3 heteroatoms. The summed E-state index contributed by atoms with van der Waals surface area (Å²) in [5.41, 5.74) is 5.98. The molecule has 3 nitrogen and oxygen atoms in total. The predicted octanol–water partition coefficient (Wildman–Crippen LogP) is 4.90. The van der Waals surface area contributed by atoms with Gasteiger partial charge in [-0.05, 0) is 36.5 Å². The van der Waals surface area contributed by atoms with Crippen molar-refractivity contribution in [3.05, 3.63) is 54.4 Å². The zero-order valence-corrected chi connectivity index (χ0v) is 14.8. The summed E-state index contributed by atoms with van der Waals surface area (Å²) in [5, 5.41) is 0. The number of aromatic nitrogens is 2. The molecule has 3 heterocycles. The van der Waals surface area contributed by atoms with E-state index >= 15 is 0 Å². The van der Waals surface area contributed by atoms with Crippen molar-refractivity contribution < 1.29 is 0 Å². The maximum Gasteiger partial charge on any atom is 0.141 e. The highest BCUT2D eigenvalue weighted by atomic mass is 15.1. The molecule has 1 aliphatic heterocycles. The highest BCUT2D eigenvalue weighted by molar-refractivity contribution is 5.67. The van der Waals surface area contributed by atoms with Crippen LogP contribution in [0.25, 0.3) is 16.9 Å². The summed E-state index contributed by atoms with van der Waals surface area (Å²) in [4.78, 5) is 7.39. The Hall–Kier alpha value is -2.29. The fourth-order valence-electron chi connectivity index (χ4n) is 3.56. The summed E-state index contributed by atoms with van der Waals surface area (Å²) >= 11 is 0. The number of hydrogen-bond donors (Lipinski definition) is 0. The summed E-state index contributed by atoms with van der Waals surface area (Å²) in [5.74, 6) is 0. The molecular weight excluding hydrogens is 294 g/mol. The number of rotatable bonds is 2. The second-order valence-corrected chi connectivity index (χ2v) is 7.77. The van der Waals surface area contributed by atoms with Crippen molar-refractivity contribution in [2.24, 2.45) is 0 Å². The largest absolute Gasteiger partial charge is 0.372 e. The van der Waals surface area contributed by atoms with Crippen molar-refractivity contribution in [2.75, 3.05) is 18.0 Å². The predicted molar refractivity (Wildman–Crippen MR) is 101 cm³/mol. The molecule has 24 heavy (non-hydrogen) atoms. The molecular formula is C21H25N3. The summed E-state index contributed by atoms with van der Waals surface area (Å²) in [6.45, 7) is 9.08. The molecule has 3 aromatic rings. The van der Waals surface area contributed by atoms with Gasteiger partial charge in [0.15, 0.2) is 0 Å². The zero-order valence-electron chi connectivity index (χ0n) is 14.8. The molecule has 0 atom stereocenters. The van der Waals surface area contributed by atoms with Crippen molar-refractivity contribution in [3.8, 4) is 11.3 Å². The van der Waals surface area contributed by atoms with Crippen molar-refractivity contribution >= 4 is 11.3 Å². The monoisotopic (exact) mass is 319 g/mol. The Morgan fingerprint density at radius 3 is 2.33 bits per heavy atom. The molecule has 1 fully saturated rings. The van der Waals surface area contributed by atoms with Crippen LogP contribution in [0.15, 0.2) is 48.8 Å². The number of benzene rings is 1. The van der Waals surface area contributed by atoms with Gasteiger partial charge in [0.2, 0.25) is 0 Å². The van der Waals surface area contributed by atoms with Crippen molar-refractivity contribution in [2.45, 2.75) is 39.0 Å². The summed E-state index contributed by atoms with van der Waals surface area (Å²) in [7, 11) is 0. The van der Waals surface area contributed by atoms with Crippen molar-refractivity contribution in [1.29, 1.82) is 0 Å². The van der Waals surface area contributed by atoms with Gasteiger partial charge in [0.1, 0.15) is 5.65 Å². The van der Waals surface area contributed by atoms with Gasteiger partial charge in [-0.1, -0.05) is 39.0 Å². The highest BCUT2D eigenvalue weighted by Gasteiger charge is 2.19. The molecule has 1 aliphatic rings. The van der Waals surface area contributed by atoms with Crippen LogP contribution in [0.5, 0.6) is 0 Å². The Bertz CT molecular complexity index is 847. The second kappa shape index (κ2) is 5.66. The van der Waals surface area contributed by atoms with Gasteiger partial charge in [0.05, 0.1) is 5.69 Å². The van der Waals surface area contributed by atoms with Crippen molar-refractivity contribution in [3.63, 3.8) is 0 Å². The molecule has 0 aliphatic carbocycles. The molecule has 124 valence electrons. The first-order valence-electron chi connectivity index (χ1n) is 8.86. The van der Waals surface area contributed by atoms with Crippen LogP contribution in [0.2, 0.25) is 0 Å². The molecule has 0 spiro atoms. The van der Waals surface area contributed by atoms with E-state index < -0.39 is 0 Å². The molecule has 0 radical (unpaired) electrons. The van der Waals surface area contributed by atoms with E-state index in [1.807, 2.05) is 0 Å². The normalized spacial score (nSPS) is 15.4. The first-order valence-corrected chi connectivity index (χ1v) is 8.86. The van der Waals surface area contributed by atoms with Crippen LogP contribution >= 0.6 is 0 Å². The first-order chi connectivity index (χ1) is 11.5. The van der Waals surface area contributed by atoms with Crippen LogP contribution in [-0.2, 0) is 5.41 Å². The lowest BCUT2D eigenvalue weighted by atomic mass is 9.88. The average Bonchev–Trinajstić information content (AvgIpc) is 3.23. The maximum absolute atomic E-state index is 4.93. The van der Waals surface area contributed by atoms with E-state index in [0.29, 0.717) is 0 Å². The Balaban J connectivity index is 1.71. The van der Waals surface area contributed by atoms with Crippen LogP contribution in [0.1, 0.15) is 39.2 Å². The van der Waals surface area contributed by atoms with E-state index in [-0.39, 0.29) is 5.41 Å². The SMILES string of the molecule is CC(C)(C)c1cccn2cc(-c3ccc(N4CCCC4)cc3)nc12.